The predicted molar refractivity (Wildman–Crippen MR) is 101 cm³/mol. The van der Waals surface area contributed by atoms with Crippen molar-refractivity contribution in [2.75, 3.05) is 13.1 Å². The number of carbonyl (C=O) groups is 1. The quantitative estimate of drug-likeness (QED) is 0.507. The first-order valence-corrected chi connectivity index (χ1v) is 9.07. The summed E-state index contributed by atoms with van der Waals surface area (Å²) in [6.07, 6.45) is 1.07. The fourth-order valence-electron chi connectivity index (χ4n) is 3.29. The number of amides is 1. The van der Waals surface area contributed by atoms with Crippen molar-refractivity contribution in [2.45, 2.75) is 25.5 Å². The number of aromatic nitrogens is 3. The van der Waals surface area contributed by atoms with Crippen LogP contribution in [0.2, 0.25) is 0 Å². The molecule has 9 heteroatoms. The maximum absolute atomic E-state index is 12.3. The van der Waals surface area contributed by atoms with Crippen molar-refractivity contribution in [1.82, 2.24) is 19.9 Å². The number of fused-ring (bicyclic) bond motifs is 1. The topological polar surface area (TPSA) is 103 Å². The van der Waals surface area contributed by atoms with E-state index >= 15 is 0 Å². The van der Waals surface area contributed by atoms with Crippen LogP contribution in [-0.2, 0) is 11.3 Å². The molecule has 0 spiro atoms. The molecule has 0 atom stereocenters. The highest BCUT2D eigenvalue weighted by molar-refractivity contribution is 5.76. The summed E-state index contributed by atoms with van der Waals surface area (Å²) >= 11 is 0. The highest BCUT2D eigenvalue weighted by Crippen LogP contribution is 2.24. The van der Waals surface area contributed by atoms with Crippen LogP contribution >= 0.6 is 0 Å². The third-order valence-electron chi connectivity index (χ3n) is 4.84. The number of likely N-dealkylation sites (tertiary alicyclic amines) is 1. The number of benzene rings is 2. The second-order valence-electron chi connectivity index (χ2n) is 6.71. The Hall–Kier alpha value is -3.49. The van der Waals surface area contributed by atoms with Gasteiger partial charge in [-0.25, -0.2) is 4.79 Å². The zero-order valence-electron chi connectivity index (χ0n) is 15.1. The number of carbonyl (C=O) groups excluding carboxylic acids is 1. The van der Waals surface area contributed by atoms with Gasteiger partial charge in [0.25, 0.3) is 5.69 Å². The van der Waals surface area contributed by atoms with Crippen LogP contribution in [0.5, 0.6) is 0 Å². The van der Waals surface area contributed by atoms with E-state index in [0.717, 1.165) is 5.56 Å². The van der Waals surface area contributed by atoms with E-state index in [-0.39, 0.29) is 24.4 Å². The molecule has 2 aromatic carbocycles. The van der Waals surface area contributed by atoms with Crippen LogP contribution in [0.3, 0.4) is 0 Å². The first kappa shape index (κ1) is 17.9. The summed E-state index contributed by atoms with van der Waals surface area (Å²) in [5, 5.41) is 19.7. The molecule has 2 heterocycles. The lowest BCUT2D eigenvalue weighted by Crippen LogP contribution is -2.39. The second kappa shape index (κ2) is 7.63. The van der Waals surface area contributed by atoms with Crippen LogP contribution in [0.4, 0.5) is 10.5 Å². The van der Waals surface area contributed by atoms with Crippen LogP contribution in [0.1, 0.15) is 24.4 Å². The number of ether oxygens (including phenoxy) is 1. The van der Waals surface area contributed by atoms with Gasteiger partial charge in [-0.3, -0.25) is 10.1 Å². The summed E-state index contributed by atoms with van der Waals surface area (Å²) in [5.74, 6) is 0. The minimum Gasteiger partial charge on any atom is -0.445 e. The standard InChI is InChI=1S/C19H19N5O4/c25-19(28-13-14-4-2-1-3-5-14)22-10-8-15(9-11-22)23-20-17-7-6-16(24(26)27)12-18(17)21-23/h1-7,12,15H,8-11,13H2. The van der Waals surface area contributed by atoms with Gasteiger partial charge in [0.05, 0.1) is 11.0 Å². The summed E-state index contributed by atoms with van der Waals surface area (Å²) in [4.78, 5) is 26.0. The van der Waals surface area contributed by atoms with Gasteiger partial charge in [0.15, 0.2) is 0 Å². The van der Waals surface area contributed by atoms with Gasteiger partial charge in [-0.2, -0.15) is 15.0 Å². The average molecular weight is 381 g/mol. The van der Waals surface area contributed by atoms with Crippen molar-refractivity contribution < 1.29 is 14.5 Å². The van der Waals surface area contributed by atoms with E-state index in [1.54, 1.807) is 15.8 Å². The molecule has 1 fully saturated rings. The minimum atomic E-state index is -0.446. The van der Waals surface area contributed by atoms with Gasteiger partial charge in [-0.15, -0.1) is 0 Å². The van der Waals surface area contributed by atoms with Gasteiger partial charge in [0.2, 0.25) is 0 Å². The number of nitro groups is 1. The van der Waals surface area contributed by atoms with Crippen LogP contribution in [-0.4, -0.2) is 44.0 Å². The number of hydrogen-bond donors (Lipinski definition) is 0. The Labute approximate surface area is 160 Å². The average Bonchev–Trinajstić information content (AvgIpc) is 3.16. The highest BCUT2D eigenvalue weighted by atomic mass is 16.6. The maximum atomic E-state index is 12.3. The lowest BCUT2D eigenvalue weighted by Gasteiger charge is -2.30. The molecular weight excluding hydrogens is 362 g/mol. The number of piperidine rings is 1. The van der Waals surface area contributed by atoms with Crippen molar-refractivity contribution in [1.29, 1.82) is 0 Å². The number of rotatable bonds is 4. The molecule has 1 saturated heterocycles. The summed E-state index contributed by atoms with van der Waals surface area (Å²) in [7, 11) is 0. The molecule has 0 unspecified atom stereocenters. The first-order chi connectivity index (χ1) is 13.6. The molecule has 1 aliphatic rings. The Kier molecular flexibility index (Phi) is 4.88. The van der Waals surface area contributed by atoms with E-state index < -0.39 is 4.92 Å². The van der Waals surface area contributed by atoms with E-state index in [0.29, 0.717) is 37.0 Å². The van der Waals surface area contributed by atoms with Crippen LogP contribution in [0.15, 0.2) is 48.5 Å². The van der Waals surface area contributed by atoms with Gasteiger partial charge in [-0.1, -0.05) is 30.3 Å². The highest BCUT2D eigenvalue weighted by Gasteiger charge is 2.26. The summed E-state index contributed by atoms with van der Waals surface area (Å²) in [5.41, 5.74) is 2.07. The summed E-state index contributed by atoms with van der Waals surface area (Å²) in [6.45, 7) is 1.36. The van der Waals surface area contributed by atoms with E-state index in [4.69, 9.17) is 4.74 Å². The van der Waals surface area contributed by atoms with Gasteiger partial charge in [0.1, 0.15) is 17.6 Å². The van der Waals surface area contributed by atoms with Gasteiger partial charge in [-0.05, 0) is 24.5 Å². The molecule has 3 aromatic rings. The van der Waals surface area contributed by atoms with E-state index in [1.165, 1.54) is 12.1 Å². The zero-order valence-corrected chi connectivity index (χ0v) is 15.1. The minimum absolute atomic E-state index is 0.00414. The van der Waals surface area contributed by atoms with E-state index in [2.05, 4.69) is 10.2 Å². The zero-order chi connectivity index (χ0) is 19.5. The molecule has 28 heavy (non-hydrogen) atoms. The summed E-state index contributed by atoms with van der Waals surface area (Å²) in [6, 6.07) is 14.1. The molecule has 1 aromatic heterocycles. The number of hydrogen-bond acceptors (Lipinski definition) is 6. The van der Waals surface area contributed by atoms with Crippen LogP contribution in [0.25, 0.3) is 11.0 Å². The van der Waals surface area contributed by atoms with Gasteiger partial charge < -0.3 is 9.64 Å². The number of non-ortho nitro benzene ring substituents is 1. The van der Waals surface area contributed by atoms with E-state index in [1.807, 2.05) is 30.3 Å². The molecule has 0 N–H and O–H groups in total. The predicted octanol–water partition coefficient (Wildman–Crippen LogP) is 3.31. The van der Waals surface area contributed by atoms with Crippen molar-refractivity contribution in [3.8, 4) is 0 Å². The Morgan fingerprint density at radius 3 is 2.54 bits per heavy atom. The lowest BCUT2D eigenvalue weighted by molar-refractivity contribution is -0.384. The third kappa shape index (κ3) is 3.78. The van der Waals surface area contributed by atoms with Crippen molar-refractivity contribution in [2.24, 2.45) is 0 Å². The molecule has 0 bridgehead atoms. The first-order valence-electron chi connectivity index (χ1n) is 9.07. The number of nitro benzene ring substituents is 1. The Balaban J connectivity index is 1.35. The number of nitrogens with zero attached hydrogens (tertiary/aromatic N) is 5. The lowest BCUT2D eigenvalue weighted by atomic mass is 10.1. The molecule has 144 valence electrons. The third-order valence-corrected chi connectivity index (χ3v) is 4.84. The molecule has 0 saturated carbocycles. The molecule has 4 rings (SSSR count). The molecule has 9 nitrogen and oxygen atoms in total. The fraction of sp³-hybridized carbons (Fsp3) is 0.316. The Morgan fingerprint density at radius 1 is 1.11 bits per heavy atom. The summed E-state index contributed by atoms with van der Waals surface area (Å²) < 4.78 is 5.38. The smallest absolute Gasteiger partial charge is 0.410 e. The Bertz CT molecular complexity index is 996. The van der Waals surface area contributed by atoms with Crippen LogP contribution < -0.4 is 0 Å². The van der Waals surface area contributed by atoms with E-state index in [9.17, 15) is 14.9 Å². The fourth-order valence-corrected chi connectivity index (χ4v) is 3.29. The van der Waals surface area contributed by atoms with Crippen molar-refractivity contribution in [3.63, 3.8) is 0 Å². The molecule has 1 aliphatic heterocycles. The van der Waals surface area contributed by atoms with Crippen LogP contribution in [0, 0.1) is 10.1 Å². The van der Waals surface area contributed by atoms with Gasteiger partial charge in [0, 0.05) is 25.2 Å². The molecular formula is C19H19N5O4. The molecule has 1 amide bonds. The SMILES string of the molecule is O=C(OCc1ccccc1)N1CCC(n2nc3ccc([N+](=O)[O-])cc3n2)CC1. The van der Waals surface area contributed by atoms with Crippen molar-refractivity contribution >= 4 is 22.8 Å². The van der Waals surface area contributed by atoms with Crippen molar-refractivity contribution in [3.05, 3.63) is 64.2 Å². The largest absolute Gasteiger partial charge is 0.445 e. The maximum Gasteiger partial charge on any atom is 0.410 e. The van der Waals surface area contributed by atoms with Gasteiger partial charge >= 0.3 is 6.09 Å². The molecule has 0 radical (unpaired) electrons. The Morgan fingerprint density at radius 2 is 1.82 bits per heavy atom. The second-order valence-corrected chi connectivity index (χ2v) is 6.71. The molecule has 0 aliphatic carbocycles. The normalized spacial score (nSPS) is 14.9. The monoisotopic (exact) mass is 381 g/mol.